The lowest BCUT2D eigenvalue weighted by Gasteiger charge is -2.36. The third-order valence-electron chi connectivity index (χ3n) is 3.56. The molecule has 1 N–H and O–H groups in total. The Morgan fingerprint density at radius 3 is 2.62 bits per heavy atom. The molecule has 7 heteroatoms. The van der Waals surface area contributed by atoms with Crippen molar-refractivity contribution in [2.45, 2.75) is 57.5 Å². The van der Waals surface area contributed by atoms with Crippen molar-refractivity contribution < 1.29 is 27.4 Å². The van der Waals surface area contributed by atoms with Crippen LogP contribution < -0.4 is 10.1 Å². The third-order valence-corrected chi connectivity index (χ3v) is 3.56. The summed E-state index contributed by atoms with van der Waals surface area (Å²) >= 11 is 0. The van der Waals surface area contributed by atoms with Gasteiger partial charge in [0.25, 0.3) is 0 Å². The number of halogens is 3. The summed E-state index contributed by atoms with van der Waals surface area (Å²) in [6, 6.07) is 3.54. The summed E-state index contributed by atoms with van der Waals surface area (Å²) < 4.78 is 49.9. The van der Waals surface area contributed by atoms with E-state index in [1.165, 1.54) is 12.1 Å². The van der Waals surface area contributed by atoms with Crippen molar-refractivity contribution in [2.75, 3.05) is 6.67 Å². The first kappa shape index (κ1) is 18.4. The van der Waals surface area contributed by atoms with Crippen LogP contribution in [0.5, 0.6) is 5.75 Å². The number of alkyl halides is 2. The Morgan fingerprint density at radius 1 is 1.38 bits per heavy atom. The average Bonchev–Trinajstić information content (AvgIpc) is 2.44. The summed E-state index contributed by atoms with van der Waals surface area (Å²) in [5, 5.41) is 2.73. The van der Waals surface area contributed by atoms with Gasteiger partial charge in [-0.2, -0.15) is 0 Å². The van der Waals surface area contributed by atoms with Gasteiger partial charge in [0.1, 0.15) is 29.9 Å². The first-order valence-electron chi connectivity index (χ1n) is 7.83. The van der Waals surface area contributed by atoms with E-state index in [4.69, 9.17) is 9.47 Å². The van der Waals surface area contributed by atoms with Gasteiger partial charge in [0.2, 0.25) is 0 Å². The maximum Gasteiger partial charge on any atom is 0.407 e. The molecule has 1 aromatic carbocycles. The Hall–Kier alpha value is -1.92. The van der Waals surface area contributed by atoms with Gasteiger partial charge in [-0.15, -0.1) is 0 Å². The fourth-order valence-electron chi connectivity index (χ4n) is 2.36. The smallest absolute Gasteiger partial charge is 0.407 e. The van der Waals surface area contributed by atoms with Crippen molar-refractivity contribution in [3.63, 3.8) is 0 Å². The summed E-state index contributed by atoms with van der Waals surface area (Å²) in [5.74, 6) is -0.520. The highest BCUT2D eigenvalue weighted by Gasteiger charge is 2.33. The molecule has 24 heavy (non-hydrogen) atoms. The lowest BCUT2D eigenvalue weighted by atomic mass is 9.89. The van der Waals surface area contributed by atoms with Crippen LogP contribution in [0.4, 0.5) is 18.0 Å². The monoisotopic (exact) mass is 345 g/mol. The lowest BCUT2D eigenvalue weighted by molar-refractivity contribution is 0.0362. The lowest BCUT2D eigenvalue weighted by Crippen LogP contribution is -2.50. The summed E-state index contributed by atoms with van der Waals surface area (Å²) in [5.41, 5.74) is -0.911. The van der Waals surface area contributed by atoms with E-state index in [2.05, 4.69) is 5.32 Å². The highest BCUT2D eigenvalue weighted by molar-refractivity contribution is 5.68. The number of hydrogen-bond donors (Lipinski definition) is 1. The van der Waals surface area contributed by atoms with E-state index in [0.29, 0.717) is 12.8 Å². The molecule has 0 aliphatic heterocycles. The van der Waals surface area contributed by atoms with Crippen LogP contribution in [0.3, 0.4) is 0 Å². The second-order valence-electron chi connectivity index (χ2n) is 6.86. The second-order valence-corrected chi connectivity index (χ2v) is 6.86. The predicted octanol–water partition coefficient (Wildman–Crippen LogP) is 4.24. The highest BCUT2D eigenvalue weighted by atomic mass is 19.2. The summed E-state index contributed by atoms with van der Waals surface area (Å²) in [4.78, 5) is 11.6. The molecule has 1 aliphatic rings. The van der Waals surface area contributed by atoms with Gasteiger partial charge in [-0.3, -0.25) is 0 Å². The number of rotatable bonds is 5. The summed E-state index contributed by atoms with van der Waals surface area (Å²) in [7, 11) is 0. The number of carbonyl (C=O) groups excluding carboxylic acids is 1. The zero-order valence-corrected chi connectivity index (χ0v) is 13.9. The molecule has 0 bridgehead atoms. The van der Waals surface area contributed by atoms with Crippen molar-refractivity contribution in [1.82, 2.24) is 5.32 Å². The van der Waals surface area contributed by atoms with Gasteiger partial charge in [0.15, 0.2) is 6.17 Å². The Bertz CT molecular complexity index is 583. The molecular formula is C17H22F3NO3. The van der Waals surface area contributed by atoms with Crippen molar-refractivity contribution in [1.29, 1.82) is 0 Å². The fourth-order valence-corrected chi connectivity index (χ4v) is 2.36. The normalized spacial score (nSPS) is 21.6. The van der Waals surface area contributed by atoms with E-state index in [1.807, 2.05) is 0 Å². The maximum atomic E-state index is 13.5. The maximum absolute atomic E-state index is 13.5. The molecule has 1 atom stereocenters. The molecule has 1 fully saturated rings. The Labute approximate surface area is 139 Å². The minimum Gasteiger partial charge on any atom is -0.490 e. The number of amides is 1. The van der Waals surface area contributed by atoms with Gasteiger partial charge in [0.05, 0.1) is 0 Å². The number of hydrogen-bond acceptors (Lipinski definition) is 3. The Kier molecular flexibility index (Phi) is 5.62. The van der Waals surface area contributed by atoms with Gasteiger partial charge < -0.3 is 14.8 Å². The molecule has 0 aromatic heterocycles. The van der Waals surface area contributed by atoms with Crippen LogP contribution in [0.1, 0.15) is 45.3 Å². The summed E-state index contributed by atoms with van der Waals surface area (Å²) in [6.45, 7) is 4.05. The Morgan fingerprint density at radius 2 is 2.04 bits per heavy atom. The molecule has 1 amide bonds. The van der Waals surface area contributed by atoms with Gasteiger partial charge >= 0.3 is 6.09 Å². The number of benzene rings is 1. The topological polar surface area (TPSA) is 47.6 Å². The van der Waals surface area contributed by atoms with Crippen LogP contribution >= 0.6 is 0 Å². The van der Waals surface area contributed by atoms with Crippen molar-refractivity contribution in [2.24, 2.45) is 0 Å². The first-order valence-corrected chi connectivity index (χ1v) is 7.83. The molecule has 0 saturated heterocycles. The standard InChI is InChI=1S/C17H22F3NO3/c1-17(2,3)24-16(22)21-10-6-12(7-10)23-11-4-5-14(19)13(8-11)15(20)9-18/h4-5,8,10,12,15H,6-7,9H2,1-3H3,(H,21,22). The van der Waals surface area contributed by atoms with E-state index < -0.39 is 30.4 Å². The van der Waals surface area contributed by atoms with E-state index in [1.54, 1.807) is 20.8 Å². The number of alkyl carbamates (subject to hydrolysis) is 1. The van der Waals surface area contributed by atoms with Crippen LogP contribution in [-0.2, 0) is 4.74 Å². The molecule has 1 unspecified atom stereocenters. The fraction of sp³-hybridized carbons (Fsp3) is 0.588. The van der Waals surface area contributed by atoms with Crippen molar-refractivity contribution in [3.8, 4) is 5.75 Å². The van der Waals surface area contributed by atoms with E-state index in [9.17, 15) is 18.0 Å². The number of ether oxygens (including phenoxy) is 2. The highest BCUT2D eigenvalue weighted by Crippen LogP contribution is 2.30. The third kappa shape index (κ3) is 5.04. The number of nitrogens with one attached hydrogen (secondary N) is 1. The molecular weight excluding hydrogens is 323 g/mol. The van der Waals surface area contributed by atoms with Gasteiger partial charge in [0, 0.05) is 24.4 Å². The van der Waals surface area contributed by atoms with Crippen LogP contribution in [0.25, 0.3) is 0 Å². The molecule has 0 heterocycles. The first-order chi connectivity index (χ1) is 11.2. The number of carbonyl (C=O) groups is 1. The zero-order valence-electron chi connectivity index (χ0n) is 13.9. The molecule has 2 rings (SSSR count). The quantitative estimate of drug-likeness (QED) is 0.868. The van der Waals surface area contributed by atoms with Crippen LogP contribution in [0, 0.1) is 5.82 Å². The SMILES string of the molecule is CC(C)(C)OC(=O)NC1CC(Oc2ccc(F)c(C(F)CF)c2)C1. The molecule has 0 spiro atoms. The molecule has 1 aliphatic carbocycles. The van der Waals surface area contributed by atoms with Gasteiger partial charge in [-0.25, -0.2) is 18.0 Å². The predicted molar refractivity (Wildman–Crippen MR) is 83.0 cm³/mol. The summed E-state index contributed by atoms with van der Waals surface area (Å²) in [6.07, 6.45) is -1.54. The van der Waals surface area contributed by atoms with Crippen molar-refractivity contribution in [3.05, 3.63) is 29.6 Å². The van der Waals surface area contributed by atoms with Gasteiger partial charge in [-0.1, -0.05) is 0 Å². The largest absolute Gasteiger partial charge is 0.490 e. The van der Waals surface area contributed by atoms with Crippen LogP contribution in [-0.4, -0.2) is 30.5 Å². The molecule has 0 radical (unpaired) electrons. The van der Waals surface area contributed by atoms with E-state index in [-0.39, 0.29) is 23.5 Å². The van der Waals surface area contributed by atoms with Crippen LogP contribution in [0.2, 0.25) is 0 Å². The Balaban J connectivity index is 1.82. The average molecular weight is 345 g/mol. The van der Waals surface area contributed by atoms with Crippen LogP contribution in [0.15, 0.2) is 18.2 Å². The zero-order chi connectivity index (χ0) is 17.9. The minimum absolute atomic E-state index is 0.0652. The van der Waals surface area contributed by atoms with E-state index in [0.717, 1.165) is 6.07 Å². The van der Waals surface area contributed by atoms with Gasteiger partial charge in [-0.05, 0) is 39.0 Å². The minimum atomic E-state index is -2.00. The molecule has 1 saturated carbocycles. The second kappa shape index (κ2) is 7.32. The molecule has 4 nitrogen and oxygen atoms in total. The molecule has 1 aromatic rings. The molecule has 134 valence electrons. The van der Waals surface area contributed by atoms with Crippen molar-refractivity contribution >= 4 is 6.09 Å². The van der Waals surface area contributed by atoms with E-state index >= 15 is 0 Å².